The molecule has 1 aromatic carbocycles. The minimum absolute atomic E-state index is 0.376. The van der Waals surface area contributed by atoms with Crippen molar-refractivity contribution in [2.45, 2.75) is 19.4 Å². The number of imide groups is 1. The van der Waals surface area contributed by atoms with Crippen LogP contribution in [0, 0.1) is 0 Å². The fraction of sp³-hybridized carbons (Fsp3) is 0.273. The van der Waals surface area contributed by atoms with Crippen molar-refractivity contribution in [2.75, 3.05) is 0 Å². The zero-order valence-corrected chi connectivity index (χ0v) is 8.32. The number of benzene rings is 1. The average Bonchev–Trinajstić information content (AvgIpc) is 2.36. The highest BCUT2D eigenvalue weighted by Gasteiger charge is 2.27. The number of hydrogen-bond acceptors (Lipinski definition) is 3. The van der Waals surface area contributed by atoms with E-state index in [2.05, 4.69) is 5.32 Å². The van der Waals surface area contributed by atoms with Gasteiger partial charge in [-0.25, -0.2) is 0 Å². The zero-order chi connectivity index (χ0) is 10.8. The molecule has 78 valence electrons. The maximum absolute atomic E-state index is 11.6. The van der Waals surface area contributed by atoms with Gasteiger partial charge in [-0.15, -0.1) is 0 Å². The van der Waals surface area contributed by atoms with Crippen molar-refractivity contribution in [2.24, 2.45) is 0 Å². The first-order valence-electron chi connectivity index (χ1n) is 4.83. The standard InChI is InChI=1S/C11H11NO3/c1-2-8-11(14)12-10(13)7-5-3-4-6-9(7)15-8/h3-6,8H,2H2,1H3,(H,12,13,14)/t8-/m1/s1. The Balaban J connectivity index is 2.43. The Morgan fingerprint density at radius 1 is 1.33 bits per heavy atom. The number of ether oxygens (including phenoxy) is 1. The first-order chi connectivity index (χ1) is 7.22. The molecule has 0 aromatic heterocycles. The molecule has 0 radical (unpaired) electrons. The molecule has 1 aromatic rings. The zero-order valence-electron chi connectivity index (χ0n) is 8.32. The molecule has 1 N–H and O–H groups in total. The molecule has 15 heavy (non-hydrogen) atoms. The van der Waals surface area contributed by atoms with Crippen molar-refractivity contribution in [1.29, 1.82) is 0 Å². The number of amides is 2. The lowest BCUT2D eigenvalue weighted by atomic mass is 10.2. The first-order valence-corrected chi connectivity index (χ1v) is 4.83. The maximum atomic E-state index is 11.6. The van der Waals surface area contributed by atoms with Crippen molar-refractivity contribution in [3.05, 3.63) is 29.8 Å². The minimum Gasteiger partial charge on any atom is -0.480 e. The highest BCUT2D eigenvalue weighted by molar-refractivity contribution is 6.08. The minimum atomic E-state index is -0.586. The van der Waals surface area contributed by atoms with E-state index in [9.17, 15) is 9.59 Å². The van der Waals surface area contributed by atoms with Gasteiger partial charge >= 0.3 is 0 Å². The van der Waals surface area contributed by atoms with Crippen LogP contribution in [0.3, 0.4) is 0 Å². The van der Waals surface area contributed by atoms with Crippen LogP contribution < -0.4 is 10.1 Å². The van der Waals surface area contributed by atoms with E-state index >= 15 is 0 Å². The van der Waals surface area contributed by atoms with E-state index in [-0.39, 0.29) is 5.91 Å². The molecule has 2 amide bonds. The van der Waals surface area contributed by atoms with Gasteiger partial charge in [-0.3, -0.25) is 14.9 Å². The van der Waals surface area contributed by atoms with Gasteiger partial charge in [0.1, 0.15) is 5.75 Å². The molecule has 1 atom stereocenters. The molecule has 0 saturated heterocycles. The summed E-state index contributed by atoms with van der Waals surface area (Å²) >= 11 is 0. The van der Waals surface area contributed by atoms with Gasteiger partial charge in [-0.2, -0.15) is 0 Å². The molecular formula is C11H11NO3. The van der Waals surface area contributed by atoms with Crippen molar-refractivity contribution in [3.8, 4) is 5.75 Å². The molecular weight excluding hydrogens is 194 g/mol. The lowest BCUT2D eigenvalue weighted by Gasteiger charge is -2.12. The Hall–Kier alpha value is -1.84. The average molecular weight is 205 g/mol. The topological polar surface area (TPSA) is 55.4 Å². The third kappa shape index (κ3) is 1.70. The molecule has 1 aliphatic rings. The molecule has 4 heteroatoms. The summed E-state index contributed by atoms with van der Waals surface area (Å²) in [5.74, 6) is -0.307. The highest BCUT2D eigenvalue weighted by atomic mass is 16.5. The molecule has 4 nitrogen and oxygen atoms in total. The van der Waals surface area contributed by atoms with Gasteiger partial charge in [-0.1, -0.05) is 19.1 Å². The van der Waals surface area contributed by atoms with Crippen molar-refractivity contribution >= 4 is 11.8 Å². The van der Waals surface area contributed by atoms with E-state index in [0.29, 0.717) is 17.7 Å². The van der Waals surface area contributed by atoms with Gasteiger partial charge in [0.05, 0.1) is 5.56 Å². The van der Waals surface area contributed by atoms with Gasteiger partial charge in [0, 0.05) is 0 Å². The Labute approximate surface area is 87.2 Å². The number of carbonyl (C=O) groups is 2. The van der Waals surface area contributed by atoms with E-state index in [1.165, 1.54) is 0 Å². The molecule has 0 bridgehead atoms. The summed E-state index contributed by atoms with van der Waals surface area (Å²) in [6.07, 6.45) is -0.0504. The first kappa shape index (κ1) is 9.71. The van der Waals surface area contributed by atoms with E-state index in [1.54, 1.807) is 24.3 Å². The summed E-state index contributed by atoms with van der Waals surface area (Å²) in [7, 11) is 0. The van der Waals surface area contributed by atoms with Gasteiger partial charge < -0.3 is 4.74 Å². The van der Waals surface area contributed by atoms with Crippen LogP contribution in [0.4, 0.5) is 0 Å². The molecule has 0 saturated carbocycles. The Morgan fingerprint density at radius 3 is 2.80 bits per heavy atom. The summed E-state index contributed by atoms with van der Waals surface area (Å²) in [6.45, 7) is 1.84. The van der Waals surface area contributed by atoms with Gasteiger partial charge in [0.2, 0.25) is 0 Å². The van der Waals surface area contributed by atoms with Crippen molar-refractivity contribution in [3.63, 3.8) is 0 Å². The number of fused-ring (bicyclic) bond motifs is 1. The van der Waals surface area contributed by atoms with Crippen LogP contribution in [0.5, 0.6) is 5.75 Å². The predicted molar refractivity (Wildman–Crippen MR) is 53.6 cm³/mol. The second-order valence-corrected chi connectivity index (χ2v) is 3.33. The Kier molecular flexibility index (Phi) is 2.41. The summed E-state index contributed by atoms with van der Waals surface area (Å²) in [6, 6.07) is 6.83. The second kappa shape index (κ2) is 3.73. The Bertz CT molecular complexity index is 414. The van der Waals surface area contributed by atoms with Crippen LogP contribution in [-0.2, 0) is 4.79 Å². The van der Waals surface area contributed by atoms with Crippen LogP contribution in [0.15, 0.2) is 24.3 Å². The number of para-hydroxylation sites is 1. The second-order valence-electron chi connectivity index (χ2n) is 3.33. The lowest BCUT2D eigenvalue weighted by Crippen LogP contribution is -2.38. The molecule has 0 aliphatic carbocycles. The van der Waals surface area contributed by atoms with Gasteiger partial charge in [0.25, 0.3) is 11.8 Å². The van der Waals surface area contributed by atoms with E-state index in [0.717, 1.165) is 0 Å². The van der Waals surface area contributed by atoms with Crippen LogP contribution in [0.2, 0.25) is 0 Å². The van der Waals surface area contributed by atoms with E-state index in [4.69, 9.17) is 4.74 Å². The third-order valence-electron chi connectivity index (χ3n) is 2.30. The van der Waals surface area contributed by atoms with Crippen molar-refractivity contribution < 1.29 is 14.3 Å². The van der Waals surface area contributed by atoms with Gasteiger partial charge in [-0.05, 0) is 18.6 Å². The SMILES string of the molecule is CC[C@H]1Oc2ccccc2C(=O)NC1=O. The fourth-order valence-electron chi connectivity index (χ4n) is 1.49. The number of carbonyl (C=O) groups excluding carboxylic acids is 2. The smallest absolute Gasteiger partial charge is 0.267 e. The lowest BCUT2D eigenvalue weighted by molar-refractivity contribution is -0.126. The molecule has 0 unspecified atom stereocenters. The maximum Gasteiger partial charge on any atom is 0.267 e. The summed E-state index contributed by atoms with van der Waals surface area (Å²) in [5.41, 5.74) is 0.404. The van der Waals surface area contributed by atoms with Crippen LogP contribution in [-0.4, -0.2) is 17.9 Å². The largest absolute Gasteiger partial charge is 0.480 e. The van der Waals surface area contributed by atoms with E-state index < -0.39 is 12.0 Å². The number of nitrogens with one attached hydrogen (secondary N) is 1. The number of rotatable bonds is 1. The Morgan fingerprint density at radius 2 is 2.07 bits per heavy atom. The molecule has 0 spiro atoms. The molecule has 1 heterocycles. The summed E-state index contributed by atoms with van der Waals surface area (Å²) < 4.78 is 5.46. The van der Waals surface area contributed by atoms with Crippen LogP contribution >= 0.6 is 0 Å². The third-order valence-corrected chi connectivity index (χ3v) is 2.30. The quantitative estimate of drug-likeness (QED) is 0.699. The summed E-state index contributed by atoms with van der Waals surface area (Å²) in [5, 5.41) is 2.30. The highest BCUT2D eigenvalue weighted by Crippen LogP contribution is 2.22. The van der Waals surface area contributed by atoms with Gasteiger partial charge in [0.15, 0.2) is 6.10 Å². The van der Waals surface area contributed by atoms with Crippen LogP contribution in [0.25, 0.3) is 0 Å². The molecule has 0 fully saturated rings. The molecule has 2 rings (SSSR count). The molecule has 1 aliphatic heterocycles. The van der Waals surface area contributed by atoms with Crippen molar-refractivity contribution in [1.82, 2.24) is 5.32 Å². The summed E-state index contributed by atoms with van der Waals surface area (Å²) in [4.78, 5) is 23.0. The monoisotopic (exact) mass is 205 g/mol. The predicted octanol–water partition coefficient (Wildman–Crippen LogP) is 1.11. The number of hydrogen-bond donors (Lipinski definition) is 1. The van der Waals surface area contributed by atoms with Crippen LogP contribution in [0.1, 0.15) is 23.7 Å². The fourth-order valence-corrected chi connectivity index (χ4v) is 1.49. The van der Waals surface area contributed by atoms with E-state index in [1.807, 2.05) is 6.92 Å². The normalized spacial score (nSPS) is 19.9.